The monoisotopic (exact) mass is 386 g/mol. The second-order valence-corrected chi connectivity index (χ2v) is 6.12. The van der Waals surface area contributed by atoms with Crippen LogP contribution >= 0.6 is 11.6 Å². The minimum Gasteiger partial charge on any atom is -0.492 e. The molecule has 0 aliphatic carbocycles. The molecule has 0 radical (unpaired) electrons. The first-order chi connectivity index (χ1) is 12.3. The molecule has 0 bridgehead atoms. The fraction of sp³-hybridized carbons (Fsp3) is 0.467. The van der Waals surface area contributed by atoms with Crippen molar-refractivity contribution in [1.82, 2.24) is 9.80 Å². The predicted molar refractivity (Wildman–Crippen MR) is 92.8 cm³/mol. The number of amides is 2. The average molecular weight is 387 g/mol. The first-order valence-corrected chi connectivity index (χ1v) is 8.28. The van der Waals surface area contributed by atoms with Gasteiger partial charge >= 0.3 is 6.09 Å². The first-order valence-electron chi connectivity index (χ1n) is 7.90. The molecule has 142 valence electrons. The quantitative estimate of drug-likeness (QED) is 0.410. The van der Waals surface area contributed by atoms with Crippen molar-refractivity contribution >= 4 is 29.3 Å². The van der Waals surface area contributed by atoms with Crippen molar-refractivity contribution in [2.24, 2.45) is 5.73 Å². The molecule has 1 aliphatic rings. The van der Waals surface area contributed by atoms with Crippen LogP contribution in [0.3, 0.4) is 0 Å². The summed E-state index contributed by atoms with van der Waals surface area (Å²) in [5.74, 6) is -0.781. The summed E-state index contributed by atoms with van der Waals surface area (Å²) in [4.78, 5) is 35.9. The van der Waals surface area contributed by atoms with Crippen LogP contribution in [-0.2, 0) is 0 Å². The molecular formula is C15H19ClN4O6. The number of ether oxygens (including phenoxy) is 1. The first kappa shape index (κ1) is 19.7. The zero-order valence-electron chi connectivity index (χ0n) is 13.9. The van der Waals surface area contributed by atoms with E-state index < -0.39 is 22.6 Å². The number of hydrogen-bond acceptors (Lipinski definition) is 6. The predicted octanol–water partition coefficient (Wildman–Crippen LogP) is 1.41. The zero-order chi connectivity index (χ0) is 19.3. The molecule has 3 N–H and O–H groups in total. The smallest absolute Gasteiger partial charge is 0.407 e. The lowest BCUT2D eigenvalue weighted by atomic mass is 10.2. The molecule has 2 rings (SSSR count). The van der Waals surface area contributed by atoms with Crippen molar-refractivity contribution < 1.29 is 24.4 Å². The molecule has 1 aliphatic heterocycles. The molecule has 1 fully saturated rings. The Morgan fingerprint density at radius 2 is 1.96 bits per heavy atom. The van der Waals surface area contributed by atoms with Crippen LogP contribution in [-0.4, -0.2) is 71.2 Å². The van der Waals surface area contributed by atoms with Gasteiger partial charge in [-0.3, -0.25) is 19.8 Å². The van der Waals surface area contributed by atoms with Crippen LogP contribution < -0.4 is 10.5 Å². The van der Waals surface area contributed by atoms with Gasteiger partial charge < -0.3 is 20.5 Å². The summed E-state index contributed by atoms with van der Waals surface area (Å²) in [6, 6.07) is 2.29. The number of primary amides is 1. The van der Waals surface area contributed by atoms with E-state index in [0.717, 1.165) is 6.07 Å². The minimum absolute atomic E-state index is 0.0327. The number of carbonyl (C=O) groups is 2. The molecule has 0 saturated carbocycles. The summed E-state index contributed by atoms with van der Waals surface area (Å²) in [7, 11) is 0. The van der Waals surface area contributed by atoms with Gasteiger partial charge in [0, 0.05) is 44.4 Å². The highest BCUT2D eigenvalue weighted by Gasteiger charge is 2.22. The molecule has 11 heteroatoms. The summed E-state index contributed by atoms with van der Waals surface area (Å²) in [5, 5.41) is 19.7. The molecule has 0 atom stereocenters. The number of halogens is 1. The fourth-order valence-corrected chi connectivity index (χ4v) is 2.83. The lowest BCUT2D eigenvalue weighted by molar-refractivity contribution is -0.384. The second-order valence-electron chi connectivity index (χ2n) is 5.74. The van der Waals surface area contributed by atoms with E-state index >= 15 is 0 Å². The Morgan fingerprint density at radius 3 is 2.50 bits per heavy atom. The molecule has 2 amide bonds. The highest BCUT2D eigenvalue weighted by molar-refractivity contribution is 6.34. The van der Waals surface area contributed by atoms with Gasteiger partial charge in [-0.15, -0.1) is 0 Å². The van der Waals surface area contributed by atoms with E-state index in [1.165, 1.54) is 11.0 Å². The standard InChI is InChI=1S/C15H19ClN4O6/c16-13-11(20(24)25)8-10(14(17)21)9-12(13)26-7-1-2-18-3-5-19(6-4-18)15(22)23/h8-9H,1-7H2,(H2,17,21)(H,22,23). The third-order valence-corrected chi connectivity index (χ3v) is 4.40. The van der Waals surface area contributed by atoms with E-state index in [2.05, 4.69) is 4.90 Å². The number of rotatable bonds is 7. The summed E-state index contributed by atoms with van der Waals surface area (Å²) < 4.78 is 5.49. The van der Waals surface area contributed by atoms with E-state index in [0.29, 0.717) is 39.1 Å². The molecule has 1 saturated heterocycles. The van der Waals surface area contributed by atoms with Crippen LogP contribution in [0.1, 0.15) is 16.8 Å². The van der Waals surface area contributed by atoms with Gasteiger partial charge in [-0.25, -0.2) is 4.79 Å². The van der Waals surface area contributed by atoms with Crippen molar-refractivity contribution in [1.29, 1.82) is 0 Å². The van der Waals surface area contributed by atoms with E-state index in [1.54, 1.807) is 0 Å². The highest BCUT2D eigenvalue weighted by Crippen LogP contribution is 2.35. The molecule has 0 unspecified atom stereocenters. The van der Waals surface area contributed by atoms with Crippen LogP contribution in [0.15, 0.2) is 12.1 Å². The van der Waals surface area contributed by atoms with Crippen LogP contribution in [0.5, 0.6) is 5.75 Å². The largest absolute Gasteiger partial charge is 0.492 e. The second kappa shape index (κ2) is 8.68. The number of carboxylic acid groups (broad SMARTS) is 1. The Balaban J connectivity index is 1.89. The molecule has 1 heterocycles. The average Bonchev–Trinajstić information content (AvgIpc) is 2.59. The maximum atomic E-state index is 11.3. The van der Waals surface area contributed by atoms with Crippen LogP contribution in [0, 0.1) is 10.1 Å². The van der Waals surface area contributed by atoms with Crippen LogP contribution in [0.2, 0.25) is 5.02 Å². The summed E-state index contributed by atoms with van der Waals surface area (Å²) in [6.07, 6.45) is -0.309. The van der Waals surface area contributed by atoms with Gasteiger partial charge in [0.1, 0.15) is 5.75 Å². The topological polar surface area (TPSA) is 139 Å². The maximum Gasteiger partial charge on any atom is 0.407 e. The lowest BCUT2D eigenvalue weighted by Gasteiger charge is -2.32. The zero-order valence-corrected chi connectivity index (χ0v) is 14.6. The van der Waals surface area contributed by atoms with Gasteiger partial charge in [-0.05, 0) is 12.5 Å². The lowest BCUT2D eigenvalue weighted by Crippen LogP contribution is -2.48. The minimum atomic E-state index is -0.918. The molecule has 0 spiro atoms. The molecule has 1 aromatic rings. The number of hydrogen-bond donors (Lipinski definition) is 2. The number of benzene rings is 1. The van der Waals surface area contributed by atoms with Crippen molar-refractivity contribution in [3.63, 3.8) is 0 Å². The Hall–Kier alpha value is -2.59. The third kappa shape index (κ3) is 4.96. The summed E-state index contributed by atoms with van der Waals surface area (Å²) in [6.45, 7) is 3.09. The van der Waals surface area contributed by atoms with E-state index in [1.807, 2.05) is 0 Å². The van der Waals surface area contributed by atoms with Gasteiger partial charge in [0.15, 0.2) is 5.02 Å². The van der Waals surface area contributed by atoms with Crippen LogP contribution in [0.4, 0.5) is 10.5 Å². The van der Waals surface area contributed by atoms with Gasteiger partial charge in [-0.2, -0.15) is 0 Å². The Labute approximate surface area is 154 Å². The van der Waals surface area contributed by atoms with Crippen molar-refractivity contribution in [3.05, 3.63) is 32.8 Å². The SMILES string of the molecule is NC(=O)c1cc(OCCCN2CCN(C(=O)O)CC2)c(Cl)c([N+](=O)[O-])c1. The number of nitro groups is 1. The number of nitrogens with zero attached hydrogens (tertiary/aromatic N) is 3. The van der Waals surface area contributed by atoms with Crippen molar-refractivity contribution in [3.8, 4) is 5.75 Å². The van der Waals surface area contributed by atoms with Crippen molar-refractivity contribution in [2.75, 3.05) is 39.3 Å². The number of nitro benzene ring substituents is 1. The normalized spacial score (nSPS) is 14.9. The number of carbonyl (C=O) groups excluding carboxylic acids is 1. The third-order valence-electron chi connectivity index (χ3n) is 4.02. The molecule has 1 aromatic carbocycles. The molecular weight excluding hydrogens is 368 g/mol. The van der Waals surface area contributed by atoms with E-state index in [4.69, 9.17) is 27.2 Å². The molecule has 0 aromatic heterocycles. The van der Waals surface area contributed by atoms with Gasteiger partial charge in [0.2, 0.25) is 5.91 Å². The molecule has 26 heavy (non-hydrogen) atoms. The van der Waals surface area contributed by atoms with E-state index in [9.17, 15) is 19.7 Å². The van der Waals surface area contributed by atoms with Gasteiger partial charge in [0.25, 0.3) is 5.69 Å². The number of nitrogens with two attached hydrogens (primary N) is 1. The van der Waals surface area contributed by atoms with E-state index in [-0.39, 0.29) is 22.9 Å². The summed E-state index contributed by atoms with van der Waals surface area (Å²) >= 11 is 5.96. The Bertz CT molecular complexity index is 706. The van der Waals surface area contributed by atoms with Crippen LogP contribution in [0.25, 0.3) is 0 Å². The summed E-state index contributed by atoms with van der Waals surface area (Å²) in [5.41, 5.74) is 4.68. The molecule has 10 nitrogen and oxygen atoms in total. The van der Waals surface area contributed by atoms with Gasteiger partial charge in [0.05, 0.1) is 11.5 Å². The number of piperazine rings is 1. The van der Waals surface area contributed by atoms with Crippen molar-refractivity contribution in [2.45, 2.75) is 6.42 Å². The highest BCUT2D eigenvalue weighted by atomic mass is 35.5. The fourth-order valence-electron chi connectivity index (χ4n) is 2.60. The Morgan fingerprint density at radius 1 is 1.31 bits per heavy atom. The van der Waals surface area contributed by atoms with Gasteiger partial charge in [-0.1, -0.05) is 11.6 Å². The Kier molecular flexibility index (Phi) is 6.58. The maximum absolute atomic E-state index is 11.3.